The molecule has 1 saturated heterocycles. The van der Waals surface area contributed by atoms with E-state index in [2.05, 4.69) is 11.8 Å². The molecule has 1 aromatic carbocycles. The first-order valence-corrected chi connectivity index (χ1v) is 9.06. The van der Waals surface area contributed by atoms with Crippen molar-refractivity contribution in [3.05, 3.63) is 24.3 Å². The average molecular weight is 382 g/mol. The van der Waals surface area contributed by atoms with Crippen LogP contribution in [0.4, 0.5) is 4.79 Å². The van der Waals surface area contributed by atoms with Crippen molar-refractivity contribution in [2.75, 3.05) is 26.2 Å². The molecule has 1 aliphatic rings. The van der Waals surface area contributed by atoms with E-state index in [1.807, 2.05) is 0 Å². The highest BCUT2D eigenvalue weighted by Crippen LogP contribution is 2.24. The minimum Gasteiger partial charge on any atom is -0.481 e. The Balaban J connectivity index is 2.23. The van der Waals surface area contributed by atoms with Gasteiger partial charge in [0.2, 0.25) is 10.0 Å². The van der Waals surface area contributed by atoms with Crippen LogP contribution in [0.15, 0.2) is 29.2 Å². The molecule has 1 fully saturated rings. The predicted octanol–water partition coefficient (Wildman–Crippen LogP) is 0.526. The molecule has 1 amide bonds. The highest BCUT2D eigenvalue weighted by molar-refractivity contribution is 7.89. The van der Waals surface area contributed by atoms with E-state index in [1.165, 1.54) is 24.3 Å². The first-order chi connectivity index (χ1) is 12.3. The molecule has 2 rings (SSSR count). The van der Waals surface area contributed by atoms with Gasteiger partial charge < -0.3 is 19.8 Å². The zero-order valence-electron chi connectivity index (χ0n) is 14.0. The van der Waals surface area contributed by atoms with Crippen molar-refractivity contribution in [1.82, 2.24) is 9.21 Å². The van der Waals surface area contributed by atoms with Crippen LogP contribution in [0, 0.1) is 11.8 Å². The Bertz CT molecular complexity index is 840. The normalized spacial score (nSPS) is 17.9. The SMILES string of the molecule is CC#CCOc1ccc(S(=O)(=O)N2CCN(C(=O)O)CC2C(=O)O)cc1. The summed E-state index contributed by atoms with van der Waals surface area (Å²) in [7, 11) is -4.10. The van der Waals surface area contributed by atoms with Crippen molar-refractivity contribution in [2.24, 2.45) is 0 Å². The molecular weight excluding hydrogens is 364 g/mol. The summed E-state index contributed by atoms with van der Waals surface area (Å²) < 4.78 is 31.7. The first kappa shape index (κ1) is 19.6. The Hall–Kier alpha value is -2.77. The van der Waals surface area contributed by atoms with Crippen LogP contribution in [0.1, 0.15) is 6.92 Å². The van der Waals surface area contributed by atoms with Crippen LogP contribution in [-0.4, -0.2) is 72.2 Å². The second-order valence-corrected chi connectivity index (χ2v) is 7.28. The van der Waals surface area contributed by atoms with Crippen molar-refractivity contribution in [2.45, 2.75) is 17.9 Å². The summed E-state index contributed by atoms with van der Waals surface area (Å²) in [5.74, 6) is 4.40. The van der Waals surface area contributed by atoms with Crippen LogP contribution in [0.2, 0.25) is 0 Å². The molecule has 9 nitrogen and oxygen atoms in total. The lowest BCUT2D eigenvalue weighted by Crippen LogP contribution is -2.59. The molecular formula is C16H18N2O7S. The van der Waals surface area contributed by atoms with Gasteiger partial charge in [0.1, 0.15) is 18.4 Å². The molecule has 140 valence electrons. The summed E-state index contributed by atoms with van der Waals surface area (Å²) >= 11 is 0. The third-order valence-electron chi connectivity index (χ3n) is 3.80. The number of amides is 1. The van der Waals surface area contributed by atoms with E-state index in [9.17, 15) is 23.1 Å². The number of hydrogen-bond acceptors (Lipinski definition) is 5. The smallest absolute Gasteiger partial charge is 0.407 e. The van der Waals surface area contributed by atoms with Crippen molar-refractivity contribution in [1.29, 1.82) is 0 Å². The highest BCUT2D eigenvalue weighted by Gasteiger charge is 2.41. The molecule has 1 atom stereocenters. The molecule has 0 aliphatic carbocycles. The average Bonchev–Trinajstić information content (AvgIpc) is 2.61. The maximum Gasteiger partial charge on any atom is 0.407 e. The van der Waals surface area contributed by atoms with E-state index in [0.29, 0.717) is 5.75 Å². The number of carbonyl (C=O) groups is 2. The quantitative estimate of drug-likeness (QED) is 0.712. The third kappa shape index (κ3) is 4.25. The lowest BCUT2D eigenvalue weighted by Gasteiger charge is -2.37. The lowest BCUT2D eigenvalue weighted by molar-refractivity contribution is -0.142. The van der Waals surface area contributed by atoms with Crippen molar-refractivity contribution in [3.63, 3.8) is 0 Å². The fourth-order valence-electron chi connectivity index (χ4n) is 2.46. The number of nitrogens with zero attached hydrogens (tertiary/aromatic N) is 2. The van der Waals surface area contributed by atoms with Gasteiger partial charge in [0.25, 0.3) is 0 Å². The van der Waals surface area contributed by atoms with E-state index in [4.69, 9.17) is 9.84 Å². The number of carboxylic acid groups (broad SMARTS) is 2. The molecule has 0 radical (unpaired) electrons. The van der Waals surface area contributed by atoms with Crippen molar-refractivity contribution >= 4 is 22.1 Å². The maximum atomic E-state index is 12.8. The predicted molar refractivity (Wildman–Crippen MR) is 90.3 cm³/mol. The van der Waals surface area contributed by atoms with Crippen molar-refractivity contribution < 1.29 is 33.0 Å². The summed E-state index contributed by atoms with van der Waals surface area (Å²) in [5, 5.41) is 18.3. The first-order valence-electron chi connectivity index (χ1n) is 7.62. The summed E-state index contributed by atoms with van der Waals surface area (Å²) in [5.41, 5.74) is 0. The Labute approximate surface area is 150 Å². The fraction of sp³-hybridized carbons (Fsp3) is 0.375. The monoisotopic (exact) mass is 382 g/mol. The number of ether oxygens (including phenoxy) is 1. The van der Waals surface area contributed by atoms with Gasteiger partial charge in [-0.3, -0.25) is 4.79 Å². The van der Waals surface area contributed by atoms with Gasteiger partial charge in [0.15, 0.2) is 0 Å². The number of aliphatic carboxylic acids is 1. The van der Waals surface area contributed by atoms with Crippen LogP contribution < -0.4 is 4.74 Å². The van der Waals surface area contributed by atoms with E-state index < -0.39 is 34.7 Å². The maximum absolute atomic E-state index is 12.8. The van der Waals surface area contributed by atoms with Crippen molar-refractivity contribution in [3.8, 4) is 17.6 Å². The largest absolute Gasteiger partial charge is 0.481 e. The summed E-state index contributed by atoms with van der Waals surface area (Å²) in [4.78, 5) is 23.3. The number of hydrogen-bond donors (Lipinski definition) is 2. The second kappa shape index (κ2) is 8.07. The van der Waals surface area contributed by atoms with E-state index in [1.54, 1.807) is 6.92 Å². The molecule has 26 heavy (non-hydrogen) atoms. The van der Waals surface area contributed by atoms with Crippen LogP contribution in [0.5, 0.6) is 5.75 Å². The number of rotatable bonds is 5. The van der Waals surface area contributed by atoms with Gasteiger partial charge in [0, 0.05) is 13.1 Å². The molecule has 1 aromatic rings. The fourth-order valence-corrected chi connectivity index (χ4v) is 4.03. The lowest BCUT2D eigenvalue weighted by atomic mass is 10.2. The third-order valence-corrected chi connectivity index (χ3v) is 5.73. The van der Waals surface area contributed by atoms with Gasteiger partial charge in [-0.25, -0.2) is 13.2 Å². The van der Waals surface area contributed by atoms with E-state index >= 15 is 0 Å². The standard InChI is InChI=1S/C16H18N2O7S/c1-2-3-10-25-12-4-6-13(7-5-12)26(23,24)18-9-8-17(16(21)22)11-14(18)15(19)20/h4-7,14H,8-11H2,1H3,(H,19,20)(H,21,22). The molecule has 0 bridgehead atoms. The van der Waals surface area contributed by atoms with Crippen LogP contribution in [0.25, 0.3) is 0 Å². The molecule has 0 saturated carbocycles. The molecule has 1 aliphatic heterocycles. The van der Waals surface area contributed by atoms with Crippen LogP contribution in [-0.2, 0) is 14.8 Å². The van der Waals surface area contributed by atoms with Gasteiger partial charge in [-0.1, -0.05) is 5.92 Å². The zero-order valence-corrected chi connectivity index (χ0v) is 14.8. The van der Waals surface area contributed by atoms with Gasteiger partial charge in [0.05, 0.1) is 11.4 Å². The van der Waals surface area contributed by atoms with E-state index in [0.717, 1.165) is 9.21 Å². The number of piperazine rings is 1. The van der Waals surface area contributed by atoms with Gasteiger partial charge in [-0.2, -0.15) is 4.31 Å². The highest BCUT2D eigenvalue weighted by atomic mass is 32.2. The number of benzene rings is 1. The molecule has 1 unspecified atom stereocenters. The Morgan fingerprint density at radius 1 is 1.23 bits per heavy atom. The Morgan fingerprint density at radius 3 is 2.42 bits per heavy atom. The second-order valence-electron chi connectivity index (χ2n) is 5.39. The van der Waals surface area contributed by atoms with E-state index in [-0.39, 0.29) is 24.6 Å². The summed E-state index contributed by atoms with van der Waals surface area (Å²) in [6, 6.07) is 4.04. The molecule has 2 N–H and O–H groups in total. The zero-order chi connectivity index (χ0) is 19.3. The summed E-state index contributed by atoms with van der Waals surface area (Å²) in [6.07, 6.45) is -1.29. The van der Waals surface area contributed by atoms with Gasteiger partial charge >= 0.3 is 12.1 Å². The molecule has 1 heterocycles. The summed E-state index contributed by atoms with van der Waals surface area (Å²) in [6.45, 7) is 1.06. The topological polar surface area (TPSA) is 124 Å². The minimum absolute atomic E-state index is 0.0959. The molecule has 0 spiro atoms. The van der Waals surface area contributed by atoms with Crippen LogP contribution >= 0.6 is 0 Å². The number of carboxylic acids is 1. The van der Waals surface area contributed by atoms with Gasteiger partial charge in [-0.15, -0.1) is 5.92 Å². The minimum atomic E-state index is -4.10. The van der Waals surface area contributed by atoms with Gasteiger partial charge in [-0.05, 0) is 31.2 Å². The molecule has 0 aromatic heterocycles. The van der Waals surface area contributed by atoms with Crippen LogP contribution in [0.3, 0.4) is 0 Å². The molecule has 10 heteroatoms. The Kier molecular flexibility index (Phi) is 6.07. The number of sulfonamides is 1. The Morgan fingerprint density at radius 2 is 1.88 bits per heavy atom.